The van der Waals surface area contributed by atoms with Crippen LogP contribution < -0.4 is 11.1 Å². The molecule has 88 valence electrons. The average Bonchev–Trinajstić information content (AvgIpc) is 2.20. The van der Waals surface area contributed by atoms with E-state index in [9.17, 15) is 9.59 Å². The quantitative estimate of drug-likeness (QED) is 0.515. The third-order valence-electron chi connectivity index (χ3n) is 2.13. The van der Waals surface area contributed by atoms with Crippen molar-refractivity contribution in [2.24, 2.45) is 5.73 Å². The van der Waals surface area contributed by atoms with Crippen LogP contribution in [-0.2, 0) is 9.59 Å². The van der Waals surface area contributed by atoms with Crippen LogP contribution in [0, 0.1) is 0 Å². The zero-order chi connectivity index (χ0) is 11.7. The van der Waals surface area contributed by atoms with Gasteiger partial charge in [0.05, 0.1) is 0 Å². The van der Waals surface area contributed by atoms with Gasteiger partial charge in [-0.2, -0.15) is 0 Å². The summed E-state index contributed by atoms with van der Waals surface area (Å²) in [6.45, 7) is 2.02. The molecule has 4 N–H and O–H groups in total. The molecule has 0 aromatic rings. The lowest BCUT2D eigenvalue weighted by Crippen LogP contribution is -2.45. The van der Waals surface area contributed by atoms with E-state index < -0.39 is 12.0 Å². The fourth-order valence-corrected chi connectivity index (χ4v) is 1.20. The van der Waals surface area contributed by atoms with Gasteiger partial charge in [-0.15, -0.1) is 0 Å². The number of nitrogens with one attached hydrogen (secondary N) is 1. The van der Waals surface area contributed by atoms with E-state index in [1.807, 2.05) is 0 Å². The van der Waals surface area contributed by atoms with E-state index in [1.54, 1.807) is 0 Å². The molecule has 0 saturated carbocycles. The number of amides is 1. The zero-order valence-corrected chi connectivity index (χ0v) is 9.16. The SMILES string of the molecule is CCCCCCC(=O)N[C@H](CN)C(=O)O. The van der Waals surface area contributed by atoms with E-state index >= 15 is 0 Å². The van der Waals surface area contributed by atoms with Gasteiger partial charge in [0, 0.05) is 13.0 Å². The number of rotatable bonds is 8. The number of hydrogen-bond acceptors (Lipinski definition) is 3. The van der Waals surface area contributed by atoms with Gasteiger partial charge < -0.3 is 16.2 Å². The summed E-state index contributed by atoms with van der Waals surface area (Å²) in [6, 6.07) is -0.955. The highest BCUT2D eigenvalue weighted by molar-refractivity contribution is 5.83. The summed E-state index contributed by atoms with van der Waals surface area (Å²) in [6.07, 6.45) is 4.40. The Kier molecular flexibility index (Phi) is 7.62. The Morgan fingerprint density at radius 2 is 2.00 bits per heavy atom. The van der Waals surface area contributed by atoms with Crippen LogP contribution in [0.3, 0.4) is 0 Å². The number of nitrogens with two attached hydrogens (primary N) is 1. The van der Waals surface area contributed by atoms with Crippen LogP contribution in [0.5, 0.6) is 0 Å². The van der Waals surface area contributed by atoms with Crippen LogP contribution in [0.15, 0.2) is 0 Å². The Morgan fingerprint density at radius 3 is 2.47 bits per heavy atom. The predicted octanol–water partition coefficient (Wildman–Crippen LogP) is 0.485. The molecule has 0 aliphatic rings. The molecular formula is C10H20N2O3. The minimum atomic E-state index is -1.08. The number of carbonyl (C=O) groups excluding carboxylic acids is 1. The first-order chi connectivity index (χ1) is 7.11. The fourth-order valence-electron chi connectivity index (χ4n) is 1.20. The number of unbranched alkanes of at least 4 members (excludes halogenated alkanes) is 3. The summed E-state index contributed by atoms with van der Waals surface area (Å²) in [5.41, 5.74) is 5.20. The summed E-state index contributed by atoms with van der Waals surface area (Å²) < 4.78 is 0. The first kappa shape index (κ1) is 13.9. The highest BCUT2D eigenvalue weighted by Crippen LogP contribution is 2.02. The molecule has 0 rings (SSSR count). The van der Waals surface area contributed by atoms with Crippen molar-refractivity contribution in [1.82, 2.24) is 5.32 Å². The van der Waals surface area contributed by atoms with E-state index in [4.69, 9.17) is 10.8 Å². The van der Waals surface area contributed by atoms with Gasteiger partial charge in [0.1, 0.15) is 6.04 Å². The average molecular weight is 216 g/mol. The van der Waals surface area contributed by atoms with E-state index in [0.29, 0.717) is 6.42 Å². The van der Waals surface area contributed by atoms with E-state index in [0.717, 1.165) is 25.7 Å². The molecule has 0 fully saturated rings. The van der Waals surface area contributed by atoms with Crippen molar-refractivity contribution in [3.05, 3.63) is 0 Å². The molecule has 0 bridgehead atoms. The fraction of sp³-hybridized carbons (Fsp3) is 0.800. The van der Waals surface area contributed by atoms with Crippen LogP contribution in [0.1, 0.15) is 39.0 Å². The highest BCUT2D eigenvalue weighted by Gasteiger charge is 2.17. The molecule has 1 atom stereocenters. The van der Waals surface area contributed by atoms with Crippen molar-refractivity contribution in [2.75, 3.05) is 6.54 Å². The monoisotopic (exact) mass is 216 g/mol. The van der Waals surface area contributed by atoms with Crippen LogP contribution in [0.2, 0.25) is 0 Å². The Bertz CT molecular complexity index is 207. The third kappa shape index (κ3) is 6.90. The van der Waals surface area contributed by atoms with E-state index in [2.05, 4.69) is 12.2 Å². The second kappa shape index (κ2) is 8.23. The molecule has 0 spiro atoms. The molecule has 0 unspecified atom stereocenters. The first-order valence-corrected chi connectivity index (χ1v) is 5.34. The number of hydrogen-bond donors (Lipinski definition) is 3. The summed E-state index contributed by atoms with van der Waals surface area (Å²) >= 11 is 0. The maximum absolute atomic E-state index is 11.2. The summed E-state index contributed by atoms with van der Waals surface area (Å²) in [5, 5.41) is 11.0. The standard InChI is InChI=1S/C10H20N2O3/c1-2-3-4-5-6-9(13)12-8(7-11)10(14)15/h8H,2-7,11H2,1H3,(H,12,13)(H,14,15)/t8-/m1/s1. The van der Waals surface area contributed by atoms with Gasteiger partial charge in [0.2, 0.25) is 5.91 Å². The summed E-state index contributed by atoms with van der Waals surface area (Å²) in [5.74, 6) is -1.32. The Morgan fingerprint density at radius 1 is 1.33 bits per heavy atom. The summed E-state index contributed by atoms with van der Waals surface area (Å²) in [7, 11) is 0. The first-order valence-electron chi connectivity index (χ1n) is 5.34. The van der Waals surface area contributed by atoms with Crippen molar-refractivity contribution < 1.29 is 14.7 Å². The molecule has 0 heterocycles. The smallest absolute Gasteiger partial charge is 0.327 e. The molecule has 0 aromatic carbocycles. The zero-order valence-electron chi connectivity index (χ0n) is 9.16. The second-order valence-corrected chi connectivity index (χ2v) is 3.50. The number of carboxylic acid groups (broad SMARTS) is 1. The van der Waals surface area contributed by atoms with Crippen molar-refractivity contribution in [3.8, 4) is 0 Å². The lowest BCUT2D eigenvalue weighted by molar-refractivity contribution is -0.141. The largest absolute Gasteiger partial charge is 0.480 e. The van der Waals surface area contributed by atoms with Crippen molar-refractivity contribution in [2.45, 2.75) is 45.1 Å². The topological polar surface area (TPSA) is 92.4 Å². The number of carbonyl (C=O) groups is 2. The second-order valence-electron chi connectivity index (χ2n) is 3.50. The van der Waals surface area contributed by atoms with Gasteiger partial charge in [-0.1, -0.05) is 26.2 Å². The third-order valence-corrected chi connectivity index (χ3v) is 2.13. The molecule has 0 saturated heterocycles. The molecule has 0 aromatic heterocycles. The van der Waals surface area contributed by atoms with Crippen molar-refractivity contribution >= 4 is 11.9 Å². The summed E-state index contributed by atoms with van der Waals surface area (Å²) in [4.78, 5) is 21.8. The number of aliphatic carboxylic acids is 1. The Balaban J connectivity index is 3.67. The molecule has 0 aliphatic carbocycles. The predicted molar refractivity (Wildman–Crippen MR) is 57.4 cm³/mol. The molecule has 1 amide bonds. The van der Waals surface area contributed by atoms with Gasteiger partial charge in [-0.3, -0.25) is 4.79 Å². The molecule has 15 heavy (non-hydrogen) atoms. The van der Waals surface area contributed by atoms with Crippen LogP contribution >= 0.6 is 0 Å². The van der Waals surface area contributed by atoms with Gasteiger partial charge in [0.15, 0.2) is 0 Å². The molecule has 5 heteroatoms. The number of carboxylic acids is 1. The Labute approximate surface area is 90.0 Å². The van der Waals surface area contributed by atoms with Crippen LogP contribution in [0.25, 0.3) is 0 Å². The van der Waals surface area contributed by atoms with Crippen LogP contribution in [0.4, 0.5) is 0 Å². The van der Waals surface area contributed by atoms with E-state index in [-0.39, 0.29) is 12.5 Å². The van der Waals surface area contributed by atoms with Crippen molar-refractivity contribution in [1.29, 1.82) is 0 Å². The molecule has 0 radical (unpaired) electrons. The highest BCUT2D eigenvalue weighted by atomic mass is 16.4. The maximum Gasteiger partial charge on any atom is 0.327 e. The Hall–Kier alpha value is -1.10. The minimum absolute atomic E-state index is 0.0734. The lowest BCUT2D eigenvalue weighted by atomic mass is 10.1. The normalized spacial score (nSPS) is 12.1. The molecule has 0 aliphatic heterocycles. The minimum Gasteiger partial charge on any atom is -0.480 e. The lowest BCUT2D eigenvalue weighted by Gasteiger charge is -2.11. The van der Waals surface area contributed by atoms with Gasteiger partial charge in [0.25, 0.3) is 0 Å². The molecular weight excluding hydrogens is 196 g/mol. The van der Waals surface area contributed by atoms with Crippen molar-refractivity contribution in [3.63, 3.8) is 0 Å². The van der Waals surface area contributed by atoms with Crippen LogP contribution in [-0.4, -0.2) is 29.6 Å². The maximum atomic E-state index is 11.2. The molecule has 5 nitrogen and oxygen atoms in total. The van der Waals surface area contributed by atoms with E-state index in [1.165, 1.54) is 0 Å². The van der Waals surface area contributed by atoms with Gasteiger partial charge in [-0.25, -0.2) is 4.79 Å². The van der Waals surface area contributed by atoms with Gasteiger partial charge in [-0.05, 0) is 6.42 Å². The van der Waals surface area contributed by atoms with Gasteiger partial charge >= 0.3 is 5.97 Å².